The van der Waals surface area contributed by atoms with Gasteiger partial charge in [0.05, 0.1) is 22.5 Å². The van der Waals surface area contributed by atoms with E-state index in [-0.39, 0.29) is 28.5 Å². The smallest absolute Gasteiger partial charge is 0.345 e. The van der Waals surface area contributed by atoms with Gasteiger partial charge in [-0.25, -0.2) is 4.79 Å². The van der Waals surface area contributed by atoms with Crippen LogP contribution < -0.4 is 5.32 Å². The van der Waals surface area contributed by atoms with E-state index in [0.29, 0.717) is 11.3 Å². The summed E-state index contributed by atoms with van der Waals surface area (Å²) in [5.74, 6) is 0.293. The van der Waals surface area contributed by atoms with Crippen molar-refractivity contribution < 1.29 is 19.8 Å². The van der Waals surface area contributed by atoms with Gasteiger partial charge in [-0.3, -0.25) is 9.48 Å². The Morgan fingerprint density at radius 3 is 2.74 bits per heavy atom. The number of nitrogens with zero attached hydrogens (tertiary/aromatic N) is 2. The summed E-state index contributed by atoms with van der Waals surface area (Å²) < 4.78 is 1.49. The fourth-order valence-corrected chi connectivity index (χ4v) is 2.55. The van der Waals surface area contributed by atoms with Crippen molar-refractivity contribution >= 4 is 23.5 Å². The molecule has 3 N–H and O–H groups in total. The van der Waals surface area contributed by atoms with Gasteiger partial charge in [-0.2, -0.15) is 5.10 Å². The number of aliphatic carboxylic acids is 1. The van der Waals surface area contributed by atoms with Gasteiger partial charge in [0.15, 0.2) is 0 Å². The normalized spacial score (nSPS) is 11.7. The molecule has 0 saturated carbocycles. The highest BCUT2D eigenvalue weighted by atomic mass is 35.5. The van der Waals surface area contributed by atoms with Crippen LogP contribution in [0.2, 0.25) is 0 Å². The Hall–Kier alpha value is -3.50. The van der Waals surface area contributed by atoms with E-state index in [9.17, 15) is 14.7 Å². The number of terminal acetylenes is 1. The van der Waals surface area contributed by atoms with Crippen molar-refractivity contribution in [2.24, 2.45) is 7.05 Å². The van der Waals surface area contributed by atoms with Crippen LogP contribution in [-0.2, 0) is 11.8 Å². The SMILES string of the molecule is C#C/C(C(=O)O)=C(Cl)\C=C/CNC(=O)c1cnn(C)c1-c1ccccc1O. The van der Waals surface area contributed by atoms with Crippen LogP contribution in [0.25, 0.3) is 11.3 Å². The van der Waals surface area contributed by atoms with Crippen molar-refractivity contribution in [2.75, 3.05) is 6.54 Å². The van der Waals surface area contributed by atoms with Crippen molar-refractivity contribution in [2.45, 2.75) is 0 Å². The van der Waals surface area contributed by atoms with Gasteiger partial charge in [0.25, 0.3) is 5.91 Å². The molecule has 8 heteroatoms. The molecule has 0 atom stereocenters. The van der Waals surface area contributed by atoms with Crippen molar-refractivity contribution in [3.63, 3.8) is 0 Å². The maximum atomic E-state index is 12.5. The van der Waals surface area contributed by atoms with E-state index in [2.05, 4.69) is 10.4 Å². The van der Waals surface area contributed by atoms with E-state index < -0.39 is 11.9 Å². The van der Waals surface area contributed by atoms with E-state index >= 15 is 0 Å². The van der Waals surface area contributed by atoms with Crippen molar-refractivity contribution in [1.82, 2.24) is 15.1 Å². The van der Waals surface area contributed by atoms with Crippen LogP contribution in [0.1, 0.15) is 10.4 Å². The van der Waals surface area contributed by atoms with Crippen LogP contribution in [0.15, 0.2) is 53.2 Å². The summed E-state index contributed by atoms with van der Waals surface area (Å²) in [4.78, 5) is 23.3. The second-order valence-corrected chi connectivity index (χ2v) is 5.74. The number of amides is 1. The molecule has 1 aromatic heterocycles. The lowest BCUT2D eigenvalue weighted by Crippen LogP contribution is -2.23. The number of carboxylic acids is 1. The lowest BCUT2D eigenvalue weighted by Gasteiger charge is -2.08. The molecule has 2 aromatic rings. The molecule has 0 radical (unpaired) electrons. The van der Waals surface area contributed by atoms with Gasteiger partial charge in [0.1, 0.15) is 11.3 Å². The number of carbonyl (C=O) groups excluding carboxylic acids is 1. The predicted molar refractivity (Wildman–Crippen MR) is 101 cm³/mol. The first-order valence-corrected chi connectivity index (χ1v) is 8.09. The number of aryl methyl sites for hydroxylation is 1. The molecule has 0 fully saturated rings. The second kappa shape index (κ2) is 8.74. The van der Waals surface area contributed by atoms with Crippen molar-refractivity contribution in [1.29, 1.82) is 0 Å². The van der Waals surface area contributed by atoms with E-state index in [1.807, 2.05) is 5.92 Å². The number of nitrogens with one attached hydrogen (secondary N) is 1. The summed E-state index contributed by atoms with van der Waals surface area (Å²) in [6, 6.07) is 6.62. The molecule has 0 aliphatic heterocycles. The number of hydrogen-bond donors (Lipinski definition) is 3. The summed E-state index contributed by atoms with van der Waals surface area (Å²) >= 11 is 5.82. The third-order valence-corrected chi connectivity index (χ3v) is 3.90. The number of carbonyl (C=O) groups is 2. The number of hydrogen-bond acceptors (Lipinski definition) is 4. The average Bonchev–Trinajstić information content (AvgIpc) is 3.00. The van der Waals surface area contributed by atoms with Gasteiger partial charge in [-0.05, 0) is 18.2 Å². The molecule has 2 rings (SSSR count). The molecule has 1 heterocycles. The van der Waals surface area contributed by atoms with Gasteiger partial charge < -0.3 is 15.5 Å². The van der Waals surface area contributed by atoms with Crippen molar-refractivity contribution in [3.8, 4) is 29.4 Å². The number of phenolic OH excluding ortho intramolecular Hbond substituents is 1. The molecule has 0 spiro atoms. The van der Waals surface area contributed by atoms with Crippen molar-refractivity contribution in [3.05, 3.63) is 58.8 Å². The van der Waals surface area contributed by atoms with Gasteiger partial charge in [-0.15, -0.1) is 6.42 Å². The highest BCUT2D eigenvalue weighted by molar-refractivity contribution is 6.33. The molecule has 0 unspecified atom stereocenters. The van der Waals surface area contributed by atoms with E-state index in [1.165, 1.54) is 29.1 Å². The molecular formula is C19H16ClN3O4. The van der Waals surface area contributed by atoms with Gasteiger partial charge in [0, 0.05) is 19.2 Å². The van der Waals surface area contributed by atoms with E-state index in [0.717, 1.165) is 0 Å². The molecule has 1 amide bonds. The summed E-state index contributed by atoms with van der Waals surface area (Å²) in [5, 5.41) is 25.5. The minimum atomic E-state index is -1.31. The quantitative estimate of drug-likeness (QED) is 0.402. The van der Waals surface area contributed by atoms with Gasteiger partial charge in [0.2, 0.25) is 0 Å². The van der Waals surface area contributed by atoms with Crippen LogP contribution in [-0.4, -0.2) is 38.4 Å². The second-order valence-electron chi connectivity index (χ2n) is 5.33. The monoisotopic (exact) mass is 385 g/mol. The van der Waals surface area contributed by atoms with Crippen LogP contribution in [0.4, 0.5) is 0 Å². The molecule has 1 aromatic carbocycles. The molecule has 0 aliphatic rings. The molecule has 138 valence electrons. The Bertz CT molecular complexity index is 983. The topological polar surface area (TPSA) is 104 Å². The summed E-state index contributed by atoms with van der Waals surface area (Å²) in [5.41, 5.74) is 0.856. The number of carboxylic acid groups (broad SMARTS) is 1. The predicted octanol–water partition coefficient (Wildman–Crippen LogP) is 2.29. The number of aromatic nitrogens is 2. The van der Waals surface area contributed by atoms with Gasteiger partial charge in [-0.1, -0.05) is 35.7 Å². The maximum Gasteiger partial charge on any atom is 0.345 e. The first-order chi connectivity index (χ1) is 12.9. The highest BCUT2D eigenvalue weighted by Crippen LogP contribution is 2.30. The zero-order valence-electron chi connectivity index (χ0n) is 14.3. The fourth-order valence-electron chi connectivity index (χ4n) is 2.32. The standard InChI is InChI=1S/C19H16ClN3O4/c1-3-12(19(26)27)15(20)8-6-10-21-18(25)14-11-22-23(2)17(14)13-7-4-5-9-16(13)24/h1,4-9,11,24H,10H2,2H3,(H,21,25)(H,26,27)/b8-6-,15-12-. The molecule has 0 aliphatic carbocycles. The molecule has 0 saturated heterocycles. The number of para-hydroxylation sites is 1. The lowest BCUT2D eigenvalue weighted by atomic mass is 10.1. The third kappa shape index (κ3) is 4.57. The van der Waals surface area contributed by atoms with Gasteiger partial charge >= 0.3 is 5.97 Å². The van der Waals surface area contributed by atoms with Crippen LogP contribution in [0, 0.1) is 12.3 Å². The minimum Gasteiger partial charge on any atom is -0.507 e. The maximum absolute atomic E-state index is 12.5. The molecule has 27 heavy (non-hydrogen) atoms. The molecule has 0 bridgehead atoms. The first kappa shape index (κ1) is 19.8. The minimum absolute atomic E-state index is 0.0300. The zero-order valence-corrected chi connectivity index (χ0v) is 15.1. The summed E-state index contributed by atoms with van der Waals surface area (Å²) in [7, 11) is 1.66. The number of phenols is 1. The molecule has 7 nitrogen and oxygen atoms in total. The summed E-state index contributed by atoms with van der Waals surface area (Å²) in [6.07, 6.45) is 9.25. The van der Waals surface area contributed by atoms with Crippen LogP contribution in [0.3, 0.4) is 0 Å². The summed E-state index contributed by atoms with van der Waals surface area (Å²) in [6.45, 7) is 0.0850. The highest BCUT2D eigenvalue weighted by Gasteiger charge is 2.19. The number of rotatable bonds is 6. The van der Waals surface area contributed by atoms with E-state index in [4.69, 9.17) is 23.1 Å². The first-order valence-electron chi connectivity index (χ1n) is 7.71. The number of benzene rings is 1. The largest absolute Gasteiger partial charge is 0.507 e. The van der Waals surface area contributed by atoms with Crippen LogP contribution in [0.5, 0.6) is 5.75 Å². The third-order valence-electron chi connectivity index (χ3n) is 3.58. The molecular weight excluding hydrogens is 370 g/mol. The number of aromatic hydroxyl groups is 1. The van der Waals surface area contributed by atoms with E-state index in [1.54, 1.807) is 25.2 Å². The Morgan fingerprint density at radius 1 is 1.41 bits per heavy atom. The van der Waals surface area contributed by atoms with Crippen LogP contribution >= 0.6 is 11.6 Å². The number of halogens is 1. The number of allylic oxidation sites excluding steroid dienone is 2. The Balaban J connectivity index is 2.15. The Kier molecular flexibility index (Phi) is 6.41. The Labute approximate surface area is 160 Å². The average molecular weight is 386 g/mol. The Morgan fingerprint density at radius 2 is 2.11 bits per heavy atom. The lowest BCUT2D eigenvalue weighted by molar-refractivity contribution is -0.132. The zero-order chi connectivity index (χ0) is 20.0. The fraction of sp³-hybridized carbons (Fsp3) is 0.105.